The zero-order valence-electron chi connectivity index (χ0n) is 16.8. The van der Waals surface area contributed by atoms with E-state index in [2.05, 4.69) is 4.98 Å². The third-order valence-corrected chi connectivity index (χ3v) is 6.66. The Morgan fingerprint density at radius 2 is 2.22 bits per heavy atom. The van der Waals surface area contributed by atoms with E-state index in [0.29, 0.717) is 10.6 Å². The van der Waals surface area contributed by atoms with Crippen molar-refractivity contribution in [2.24, 2.45) is 0 Å². The van der Waals surface area contributed by atoms with Gasteiger partial charge in [-0.3, -0.25) is 13.6 Å². The average Bonchev–Trinajstić information content (AvgIpc) is 2.96. The lowest BCUT2D eigenvalue weighted by molar-refractivity contribution is -0.0986. The molecule has 4 N–H and O–H groups in total. The minimum Gasteiger partial charge on any atom is -0.404 e. The Morgan fingerprint density at radius 1 is 1.44 bits per heavy atom. The lowest BCUT2D eigenvalue weighted by Crippen LogP contribution is -2.46. The topological polar surface area (TPSA) is 155 Å². The van der Waals surface area contributed by atoms with Crippen molar-refractivity contribution < 1.29 is 33.1 Å². The molecule has 4 rings (SSSR count). The van der Waals surface area contributed by atoms with Gasteiger partial charge >= 0.3 is 13.5 Å². The maximum Gasteiger partial charge on any atom is 0.530 e. The van der Waals surface area contributed by atoms with Crippen LogP contribution in [0.5, 0.6) is 0 Å². The van der Waals surface area contributed by atoms with Crippen LogP contribution in [0.2, 0.25) is 5.02 Å². The van der Waals surface area contributed by atoms with Gasteiger partial charge in [-0.25, -0.2) is 9.36 Å². The number of nitrogens with two attached hydrogens (primary N) is 1. The Labute approximate surface area is 187 Å². The van der Waals surface area contributed by atoms with Crippen LogP contribution in [-0.2, 0) is 22.9 Å². The van der Waals surface area contributed by atoms with E-state index in [1.807, 2.05) is 0 Å². The summed E-state index contributed by atoms with van der Waals surface area (Å²) in [6, 6.07) is 8.10. The second kappa shape index (κ2) is 8.60. The fraction of sp³-hybridized carbons (Fsp3) is 0.368. The summed E-state index contributed by atoms with van der Waals surface area (Å²) in [5, 5.41) is 21.8. The molecule has 5 atom stereocenters. The van der Waals surface area contributed by atoms with E-state index in [1.54, 1.807) is 30.3 Å². The van der Waals surface area contributed by atoms with Gasteiger partial charge in [0.05, 0.1) is 13.2 Å². The first-order chi connectivity index (χ1) is 15.1. The predicted molar refractivity (Wildman–Crippen MR) is 113 cm³/mol. The van der Waals surface area contributed by atoms with E-state index >= 15 is 0 Å². The molecule has 0 saturated carbocycles. The van der Waals surface area contributed by atoms with Gasteiger partial charge in [0, 0.05) is 16.8 Å². The zero-order chi connectivity index (χ0) is 23.1. The van der Waals surface area contributed by atoms with Crippen LogP contribution in [0.15, 0.2) is 47.4 Å². The fourth-order valence-electron chi connectivity index (χ4n) is 3.41. The van der Waals surface area contributed by atoms with Crippen LogP contribution < -0.4 is 11.4 Å². The SMILES string of the molecule is C[C@@]1(O)[C@H](O)[C@H](COP2(=O)OCC=C(c3cccc(Cl)c3)O2)O[C@H]1n1ccc(N)nc1=O. The van der Waals surface area contributed by atoms with Crippen LogP contribution in [-0.4, -0.2) is 50.8 Å². The number of nitrogen functional groups attached to an aromatic ring is 1. The molecule has 2 aliphatic rings. The minimum absolute atomic E-state index is 0.00224. The van der Waals surface area contributed by atoms with Crippen LogP contribution in [0.4, 0.5) is 5.82 Å². The van der Waals surface area contributed by atoms with Crippen LogP contribution in [0, 0.1) is 0 Å². The van der Waals surface area contributed by atoms with Crippen LogP contribution in [0.3, 0.4) is 0 Å². The molecule has 0 aliphatic carbocycles. The number of rotatable bonds is 5. The Kier molecular flexibility index (Phi) is 6.17. The molecule has 32 heavy (non-hydrogen) atoms. The number of anilines is 1. The number of hydrogen-bond acceptors (Lipinski definition) is 10. The van der Waals surface area contributed by atoms with Gasteiger partial charge in [0.2, 0.25) is 0 Å². The molecular weight excluding hydrogens is 465 g/mol. The molecule has 1 fully saturated rings. The molecule has 1 unspecified atom stereocenters. The van der Waals surface area contributed by atoms with Crippen molar-refractivity contribution in [3.63, 3.8) is 0 Å². The van der Waals surface area contributed by atoms with Crippen molar-refractivity contribution >= 4 is 31.0 Å². The first kappa shape index (κ1) is 22.9. The molecule has 172 valence electrons. The van der Waals surface area contributed by atoms with E-state index in [0.717, 1.165) is 4.57 Å². The smallest absolute Gasteiger partial charge is 0.404 e. The molecular formula is C19H21ClN3O8P. The number of phosphoric ester groups is 1. The molecule has 3 heterocycles. The summed E-state index contributed by atoms with van der Waals surface area (Å²) in [7, 11) is -4.06. The van der Waals surface area contributed by atoms with E-state index in [4.69, 9.17) is 35.6 Å². The number of aliphatic hydroxyl groups is 2. The molecule has 0 radical (unpaired) electrons. The monoisotopic (exact) mass is 485 g/mol. The molecule has 1 aromatic carbocycles. The van der Waals surface area contributed by atoms with Crippen molar-refractivity contribution in [1.29, 1.82) is 0 Å². The van der Waals surface area contributed by atoms with Gasteiger partial charge < -0.3 is 25.2 Å². The standard InChI is InChI=1S/C19H21ClN3O8P/c1-19(26)16(24)14(30-17(19)23-7-5-15(21)22-18(23)25)10-29-32(27)28-8-6-13(31-32)11-3-2-4-12(20)9-11/h2-7,9,14,16-17,24,26H,8,10H2,1H3,(H2,21,22,25)/t14-,16+,17+,19+,32?/m0/s1. The summed E-state index contributed by atoms with van der Waals surface area (Å²) in [6.45, 7) is 0.798. The van der Waals surface area contributed by atoms with E-state index in [-0.39, 0.29) is 18.2 Å². The lowest BCUT2D eigenvalue weighted by Gasteiger charge is -2.27. The van der Waals surface area contributed by atoms with Gasteiger partial charge in [-0.1, -0.05) is 23.7 Å². The van der Waals surface area contributed by atoms with Gasteiger partial charge in [0.15, 0.2) is 6.23 Å². The molecule has 0 bridgehead atoms. The summed E-state index contributed by atoms with van der Waals surface area (Å²) in [5.74, 6) is 0.261. The largest absolute Gasteiger partial charge is 0.530 e. The van der Waals surface area contributed by atoms with Gasteiger partial charge in [0.1, 0.15) is 29.4 Å². The number of hydrogen-bond donors (Lipinski definition) is 3. The van der Waals surface area contributed by atoms with Crippen molar-refractivity contribution in [2.75, 3.05) is 18.9 Å². The van der Waals surface area contributed by atoms with Gasteiger partial charge in [-0.05, 0) is 31.2 Å². The quantitative estimate of drug-likeness (QED) is 0.533. The molecule has 1 saturated heterocycles. The third kappa shape index (κ3) is 4.46. The number of nitrogens with zero attached hydrogens (tertiary/aromatic N) is 2. The van der Waals surface area contributed by atoms with Crippen molar-refractivity contribution in [2.45, 2.75) is 31.0 Å². The molecule has 1 aromatic heterocycles. The Morgan fingerprint density at radius 3 is 2.94 bits per heavy atom. The highest BCUT2D eigenvalue weighted by Crippen LogP contribution is 2.55. The molecule has 0 spiro atoms. The number of ether oxygens (including phenoxy) is 1. The Bertz CT molecular complexity index is 1150. The summed E-state index contributed by atoms with van der Waals surface area (Å²) >= 11 is 5.99. The second-order valence-electron chi connectivity index (χ2n) is 7.45. The molecule has 11 nitrogen and oxygen atoms in total. The summed E-state index contributed by atoms with van der Waals surface area (Å²) < 4.78 is 35.6. The van der Waals surface area contributed by atoms with Gasteiger partial charge in [0.25, 0.3) is 0 Å². The second-order valence-corrected chi connectivity index (χ2v) is 9.48. The molecule has 13 heteroatoms. The van der Waals surface area contributed by atoms with E-state index < -0.39 is 44.2 Å². The van der Waals surface area contributed by atoms with Crippen molar-refractivity contribution in [3.8, 4) is 0 Å². The zero-order valence-corrected chi connectivity index (χ0v) is 18.5. The highest BCUT2D eigenvalue weighted by atomic mass is 35.5. The lowest BCUT2D eigenvalue weighted by atomic mass is 9.96. The van der Waals surface area contributed by atoms with Gasteiger partial charge in [-0.2, -0.15) is 4.98 Å². The van der Waals surface area contributed by atoms with Crippen LogP contribution >= 0.6 is 19.4 Å². The molecule has 2 aromatic rings. The maximum absolute atomic E-state index is 13.0. The summed E-state index contributed by atoms with van der Waals surface area (Å²) in [4.78, 5) is 15.7. The maximum atomic E-state index is 13.0. The third-order valence-electron chi connectivity index (χ3n) is 5.08. The Balaban J connectivity index is 1.47. The molecule has 2 aliphatic heterocycles. The highest BCUT2D eigenvalue weighted by molar-refractivity contribution is 7.48. The number of benzene rings is 1. The van der Waals surface area contributed by atoms with E-state index in [1.165, 1.54) is 19.2 Å². The first-order valence-corrected chi connectivity index (χ1v) is 11.4. The van der Waals surface area contributed by atoms with Gasteiger partial charge in [-0.15, -0.1) is 0 Å². The number of aromatic nitrogens is 2. The fourth-order valence-corrected chi connectivity index (χ4v) is 4.79. The van der Waals surface area contributed by atoms with Crippen molar-refractivity contribution in [3.05, 3.63) is 63.7 Å². The van der Waals surface area contributed by atoms with Crippen molar-refractivity contribution in [1.82, 2.24) is 9.55 Å². The Hall–Kier alpha value is -2.24. The number of aliphatic hydroxyl groups excluding tert-OH is 1. The normalized spacial score (nSPS) is 32.4. The summed E-state index contributed by atoms with van der Waals surface area (Å²) in [6.07, 6.45) is -1.07. The van der Waals surface area contributed by atoms with Crippen LogP contribution in [0.25, 0.3) is 5.76 Å². The minimum atomic E-state index is -4.06. The van der Waals surface area contributed by atoms with Crippen LogP contribution in [0.1, 0.15) is 18.7 Å². The number of halogens is 1. The van der Waals surface area contributed by atoms with E-state index in [9.17, 15) is 19.6 Å². The molecule has 0 amide bonds. The highest BCUT2D eigenvalue weighted by Gasteiger charge is 2.54. The predicted octanol–water partition coefficient (Wildman–Crippen LogP) is 1.70. The average molecular weight is 486 g/mol. The first-order valence-electron chi connectivity index (χ1n) is 9.54. The number of phosphoric acid groups is 1. The summed E-state index contributed by atoms with van der Waals surface area (Å²) in [5.41, 5.74) is 3.41.